The fourth-order valence-corrected chi connectivity index (χ4v) is 6.08. The Morgan fingerprint density at radius 2 is 1.59 bits per heavy atom. The predicted octanol–water partition coefficient (Wildman–Crippen LogP) is 5.28. The number of carbonyl (C=O) groups is 1. The number of nitrogens with zero attached hydrogens (tertiary/aromatic N) is 2. The van der Waals surface area contributed by atoms with Crippen LogP contribution in [0.4, 0.5) is 5.69 Å². The van der Waals surface area contributed by atoms with Gasteiger partial charge >= 0.3 is 0 Å². The zero-order valence-electron chi connectivity index (χ0n) is 21.9. The van der Waals surface area contributed by atoms with Crippen LogP contribution in [-0.4, -0.2) is 52.5 Å². The average Bonchev–Trinajstić information content (AvgIpc) is 2.92. The number of para-hydroxylation sites is 2. The van der Waals surface area contributed by atoms with E-state index in [1.165, 1.54) is 0 Å². The van der Waals surface area contributed by atoms with Gasteiger partial charge in [-0.05, 0) is 66.8 Å². The number of carbonyl (C=O) groups excluding carboxylic acids is 1. The van der Waals surface area contributed by atoms with Crippen molar-refractivity contribution in [2.75, 3.05) is 38.2 Å². The number of aryl methyl sites for hydroxylation is 2. The molecule has 0 N–H and O–H groups in total. The monoisotopic (exact) mass is 520 g/mol. The van der Waals surface area contributed by atoms with Crippen LogP contribution in [0.25, 0.3) is 0 Å². The van der Waals surface area contributed by atoms with Crippen molar-refractivity contribution in [3.05, 3.63) is 89.0 Å². The van der Waals surface area contributed by atoms with Gasteiger partial charge in [0, 0.05) is 31.7 Å². The van der Waals surface area contributed by atoms with Gasteiger partial charge in [0.1, 0.15) is 5.75 Å². The third kappa shape index (κ3) is 6.34. The lowest BCUT2D eigenvalue weighted by atomic mass is 10.0. The van der Waals surface area contributed by atoms with Gasteiger partial charge in [0.15, 0.2) is 9.84 Å². The zero-order valence-corrected chi connectivity index (χ0v) is 22.8. The quantitative estimate of drug-likeness (QED) is 0.384. The van der Waals surface area contributed by atoms with Crippen LogP contribution in [0.5, 0.6) is 5.75 Å². The molecule has 1 saturated heterocycles. The number of unbranched alkanes of at least 4 members (excludes halogenated alkanes) is 1. The van der Waals surface area contributed by atoms with Gasteiger partial charge in [-0.1, -0.05) is 49.7 Å². The topological polar surface area (TPSA) is 66.9 Å². The first-order chi connectivity index (χ1) is 17.8. The highest BCUT2D eigenvalue weighted by molar-refractivity contribution is 7.90. The van der Waals surface area contributed by atoms with Crippen LogP contribution < -0.4 is 9.64 Å². The van der Waals surface area contributed by atoms with E-state index in [4.69, 9.17) is 4.74 Å². The summed E-state index contributed by atoms with van der Waals surface area (Å²) in [4.78, 5) is 17.8. The molecule has 0 aromatic heterocycles. The molecule has 1 aliphatic rings. The van der Waals surface area contributed by atoms with Crippen LogP contribution in [0, 0.1) is 6.92 Å². The van der Waals surface area contributed by atoms with Crippen molar-refractivity contribution in [2.24, 2.45) is 0 Å². The summed E-state index contributed by atoms with van der Waals surface area (Å²) in [7, 11) is -1.85. The second-order valence-electron chi connectivity index (χ2n) is 9.61. The second-order valence-corrected chi connectivity index (χ2v) is 11.6. The molecule has 6 nitrogen and oxygen atoms in total. The molecule has 0 saturated carbocycles. The van der Waals surface area contributed by atoms with Crippen molar-refractivity contribution in [1.82, 2.24) is 4.90 Å². The molecule has 0 bridgehead atoms. The summed E-state index contributed by atoms with van der Waals surface area (Å²) in [5.74, 6) is 0.628. The van der Waals surface area contributed by atoms with Gasteiger partial charge in [-0.25, -0.2) is 8.42 Å². The lowest BCUT2D eigenvalue weighted by molar-refractivity contribution is 0.0746. The zero-order chi connectivity index (χ0) is 26.4. The Labute approximate surface area is 220 Å². The minimum atomic E-state index is -3.52. The maximum Gasteiger partial charge on any atom is 0.254 e. The van der Waals surface area contributed by atoms with Crippen LogP contribution in [-0.2, 0) is 22.0 Å². The Morgan fingerprint density at radius 1 is 0.919 bits per heavy atom. The summed E-state index contributed by atoms with van der Waals surface area (Å²) in [6, 6.07) is 20.5. The number of benzene rings is 3. The first-order valence-electron chi connectivity index (χ1n) is 12.9. The number of hydrogen-bond acceptors (Lipinski definition) is 5. The summed E-state index contributed by atoms with van der Waals surface area (Å²) in [5, 5.41) is 0. The van der Waals surface area contributed by atoms with Gasteiger partial charge in [-0.2, -0.15) is 0 Å². The minimum absolute atomic E-state index is 0.0586. The van der Waals surface area contributed by atoms with Gasteiger partial charge in [0.25, 0.3) is 5.91 Å². The maximum atomic E-state index is 13.4. The molecule has 7 heteroatoms. The number of piperazine rings is 1. The standard InChI is InChI=1S/C30H36N2O4S/c1-4-5-8-24-13-15-26(16-14-24)37(34,35)22-25-12-11-23(2)27(21-25)30(33)32-19-17-31(18-20-32)28-9-6-7-10-29(28)36-3/h6-7,9-16,21H,4-5,8,17-20,22H2,1-3H3. The molecule has 0 spiro atoms. The molecule has 0 aliphatic carbocycles. The Hall–Kier alpha value is -3.32. The van der Waals surface area contributed by atoms with E-state index in [1.54, 1.807) is 31.4 Å². The molecule has 196 valence electrons. The molecular formula is C30H36N2O4S. The SMILES string of the molecule is CCCCc1ccc(S(=O)(=O)Cc2ccc(C)c(C(=O)N3CCN(c4ccccc4OC)CC3)c2)cc1. The minimum Gasteiger partial charge on any atom is -0.495 e. The van der Waals surface area contributed by atoms with E-state index in [1.807, 2.05) is 54.3 Å². The number of hydrogen-bond donors (Lipinski definition) is 0. The summed E-state index contributed by atoms with van der Waals surface area (Å²) >= 11 is 0. The van der Waals surface area contributed by atoms with Crippen molar-refractivity contribution in [2.45, 2.75) is 43.8 Å². The number of sulfone groups is 1. The van der Waals surface area contributed by atoms with Crippen LogP contribution in [0.1, 0.15) is 46.8 Å². The van der Waals surface area contributed by atoms with E-state index in [0.717, 1.165) is 41.8 Å². The van der Waals surface area contributed by atoms with Gasteiger partial charge in [0.05, 0.1) is 23.4 Å². The molecule has 1 fully saturated rings. The molecular weight excluding hydrogens is 484 g/mol. The van der Waals surface area contributed by atoms with Crippen molar-refractivity contribution in [3.8, 4) is 5.75 Å². The molecule has 1 amide bonds. The average molecular weight is 521 g/mol. The lowest BCUT2D eigenvalue weighted by Crippen LogP contribution is -2.49. The molecule has 0 radical (unpaired) electrons. The molecule has 3 aromatic carbocycles. The largest absolute Gasteiger partial charge is 0.495 e. The summed E-state index contributed by atoms with van der Waals surface area (Å²) in [6.45, 7) is 6.61. The Bertz CT molecular complexity index is 1330. The van der Waals surface area contributed by atoms with Crippen LogP contribution in [0.15, 0.2) is 71.6 Å². The predicted molar refractivity (Wildman–Crippen MR) is 148 cm³/mol. The number of rotatable bonds is 9. The van der Waals surface area contributed by atoms with Gasteiger partial charge in [-0.3, -0.25) is 4.79 Å². The molecule has 1 heterocycles. The van der Waals surface area contributed by atoms with Gasteiger partial charge < -0.3 is 14.5 Å². The van der Waals surface area contributed by atoms with Gasteiger partial charge in [0.2, 0.25) is 0 Å². The highest BCUT2D eigenvalue weighted by Gasteiger charge is 2.25. The molecule has 1 aliphatic heterocycles. The molecule has 4 rings (SSSR count). The number of amides is 1. The van der Waals surface area contributed by atoms with Crippen LogP contribution in [0.3, 0.4) is 0 Å². The van der Waals surface area contributed by atoms with E-state index in [2.05, 4.69) is 11.8 Å². The van der Waals surface area contributed by atoms with Crippen molar-refractivity contribution in [3.63, 3.8) is 0 Å². The van der Waals surface area contributed by atoms with E-state index in [0.29, 0.717) is 42.2 Å². The third-order valence-electron chi connectivity index (χ3n) is 6.98. The van der Waals surface area contributed by atoms with Crippen LogP contribution >= 0.6 is 0 Å². The number of anilines is 1. The fourth-order valence-electron chi connectivity index (χ4n) is 4.75. The fraction of sp³-hybridized carbons (Fsp3) is 0.367. The normalized spacial score (nSPS) is 14.0. The molecule has 0 unspecified atom stereocenters. The number of ether oxygens (including phenoxy) is 1. The van der Waals surface area contributed by atoms with Gasteiger partial charge in [-0.15, -0.1) is 0 Å². The van der Waals surface area contributed by atoms with E-state index in [9.17, 15) is 13.2 Å². The molecule has 0 atom stereocenters. The molecule has 37 heavy (non-hydrogen) atoms. The summed E-state index contributed by atoms with van der Waals surface area (Å²) in [5.41, 5.74) is 4.21. The summed E-state index contributed by atoms with van der Waals surface area (Å²) in [6.07, 6.45) is 3.14. The van der Waals surface area contributed by atoms with E-state index < -0.39 is 9.84 Å². The Morgan fingerprint density at radius 3 is 2.27 bits per heavy atom. The summed E-state index contributed by atoms with van der Waals surface area (Å²) < 4.78 is 31.7. The first kappa shape index (κ1) is 26.7. The smallest absolute Gasteiger partial charge is 0.254 e. The van der Waals surface area contributed by atoms with Crippen molar-refractivity contribution >= 4 is 21.4 Å². The third-order valence-corrected chi connectivity index (χ3v) is 8.69. The van der Waals surface area contributed by atoms with E-state index >= 15 is 0 Å². The number of methoxy groups -OCH3 is 1. The van der Waals surface area contributed by atoms with Crippen molar-refractivity contribution in [1.29, 1.82) is 0 Å². The molecule has 3 aromatic rings. The highest BCUT2D eigenvalue weighted by atomic mass is 32.2. The van der Waals surface area contributed by atoms with E-state index in [-0.39, 0.29) is 11.7 Å². The second kappa shape index (κ2) is 11.8. The highest BCUT2D eigenvalue weighted by Crippen LogP contribution is 2.29. The van der Waals surface area contributed by atoms with Crippen molar-refractivity contribution < 1.29 is 17.9 Å². The Kier molecular flexibility index (Phi) is 8.54. The van der Waals surface area contributed by atoms with Crippen LogP contribution in [0.2, 0.25) is 0 Å². The lowest BCUT2D eigenvalue weighted by Gasteiger charge is -2.36. The first-order valence-corrected chi connectivity index (χ1v) is 14.6. The maximum absolute atomic E-state index is 13.4. The Balaban J connectivity index is 1.44.